The van der Waals surface area contributed by atoms with Gasteiger partial charge in [-0.1, -0.05) is 11.2 Å². The third kappa shape index (κ3) is 3.02. The molecule has 126 valence electrons. The normalized spacial score (nSPS) is 11.1. The SMILES string of the molecule is Cc1cccn2c(=O)c(/C=N\O)c(Nc3ccc([N+](=O)[O-])cc3)nc12. The number of pyridine rings is 1. The van der Waals surface area contributed by atoms with Crippen molar-refractivity contribution in [2.24, 2.45) is 5.16 Å². The summed E-state index contributed by atoms with van der Waals surface area (Å²) in [6.07, 6.45) is 2.57. The molecule has 0 atom stereocenters. The molecule has 0 aliphatic rings. The monoisotopic (exact) mass is 339 g/mol. The Hall–Kier alpha value is -3.75. The molecule has 2 aromatic heterocycles. The fraction of sp³-hybridized carbons (Fsp3) is 0.0625. The molecule has 2 N–H and O–H groups in total. The Morgan fingerprint density at radius 2 is 2.04 bits per heavy atom. The molecule has 2 heterocycles. The number of rotatable bonds is 4. The van der Waals surface area contributed by atoms with Gasteiger partial charge in [0.2, 0.25) is 0 Å². The molecular formula is C16H13N5O4. The van der Waals surface area contributed by atoms with Crippen LogP contribution < -0.4 is 10.9 Å². The molecule has 25 heavy (non-hydrogen) atoms. The van der Waals surface area contributed by atoms with Crippen molar-refractivity contribution in [2.75, 3.05) is 5.32 Å². The molecule has 0 aliphatic heterocycles. The van der Waals surface area contributed by atoms with E-state index in [0.717, 1.165) is 11.8 Å². The van der Waals surface area contributed by atoms with Gasteiger partial charge in [-0.15, -0.1) is 0 Å². The first kappa shape index (κ1) is 16.1. The third-order valence-corrected chi connectivity index (χ3v) is 3.61. The van der Waals surface area contributed by atoms with Crippen LogP contribution in [0.25, 0.3) is 5.65 Å². The Bertz CT molecular complexity index is 1040. The minimum atomic E-state index is -0.502. The summed E-state index contributed by atoms with van der Waals surface area (Å²) in [5.41, 5.74) is 1.35. The Labute approximate surface area is 141 Å². The van der Waals surface area contributed by atoms with Crippen LogP contribution in [0.1, 0.15) is 11.1 Å². The van der Waals surface area contributed by atoms with Gasteiger partial charge in [-0.2, -0.15) is 0 Å². The van der Waals surface area contributed by atoms with Crippen LogP contribution in [0.2, 0.25) is 0 Å². The molecule has 0 amide bonds. The molecule has 3 rings (SSSR count). The minimum Gasteiger partial charge on any atom is -0.411 e. The number of benzene rings is 1. The van der Waals surface area contributed by atoms with Crippen LogP contribution >= 0.6 is 0 Å². The average Bonchev–Trinajstić information content (AvgIpc) is 2.60. The molecule has 0 aliphatic carbocycles. The molecule has 9 heteroatoms. The minimum absolute atomic E-state index is 0.0509. The second-order valence-electron chi connectivity index (χ2n) is 5.24. The van der Waals surface area contributed by atoms with Crippen molar-refractivity contribution < 1.29 is 10.1 Å². The molecule has 0 fully saturated rings. The number of aryl methyl sites for hydroxylation is 1. The van der Waals surface area contributed by atoms with Crippen LogP contribution in [0.3, 0.4) is 0 Å². The van der Waals surface area contributed by atoms with Gasteiger partial charge in [0, 0.05) is 24.0 Å². The maximum absolute atomic E-state index is 12.6. The van der Waals surface area contributed by atoms with E-state index in [1.54, 1.807) is 12.3 Å². The summed E-state index contributed by atoms with van der Waals surface area (Å²) >= 11 is 0. The summed E-state index contributed by atoms with van der Waals surface area (Å²) in [4.78, 5) is 27.3. The molecule has 0 saturated carbocycles. The summed E-state index contributed by atoms with van der Waals surface area (Å²) in [7, 11) is 0. The Balaban J connectivity index is 2.14. The van der Waals surface area contributed by atoms with Gasteiger partial charge in [-0.25, -0.2) is 4.98 Å². The first-order valence-electron chi connectivity index (χ1n) is 7.22. The van der Waals surface area contributed by atoms with E-state index in [0.29, 0.717) is 11.3 Å². The second kappa shape index (κ2) is 6.40. The van der Waals surface area contributed by atoms with Crippen molar-refractivity contribution in [3.8, 4) is 0 Å². The van der Waals surface area contributed by atoms with E-state index in [9.17, 15) is 14.9 Å². The van der Waals surface area contributed by atoms with Crippen molar-refractivity contribution in [3.63, 3.8) is 0 Å². The molecule has 1 aromatic carbocycles. The van der Waals surface area contributed by atoms with Crippen LogP contribution in [-0.2, 0) is 0 Å². The van der Waals surface area contributed by atoms with Gasteiger partial charge in [0.1, 0.15) is 17.0 Å². The maximum atomic E-state index is 12.6. The Morgan fingerprint density at radius 1 is 1.32 bits per heavy atom. The summed E-state index contributed by atoms with van der Waals surface area (Å²) in [5.74, 6) is 0.186. The highest BCUT2D eigenvalue weighted by molar-refractivity contribution is 5.87. The first-order chi connectivity index (χ1) is 12.0. The number of aromatic nitrogens is 2. The summed E-state index contributed by atoms with van der Waals surface area (Å²) in [5, 5.41) is 25.4. The molecule has 0 spiro atoms. The quantitative estimate of drug-likeness (QED) is 0.326. The maximum Gasteiger partial charge on any atom is 0.269 e. The highest BCUT2D eigenvalue weighted by Gasteiger charge is 2.13. The van der Waals surface area contributed by atoms with Crippen LogP contribution in [0.4, 0.5) is 17.2 Å². The van der Waals surface area contributed by atoms with Gasteiger partial charge in [0.25, 0.3) is 11.2 Å². The van der Waals surface area contributed by atoms with E-state index in [1.165, 1.54) is 28.7 Å². The highest BCUT2D eigenvalue weighted by atomic mass is 16.6. The molecule has 0 saturated heterocycles. The van der Waals surface area contributed by atoms with Gasteiger partial charge in [0.05, 0.1) is 11.1 Å². The molecule has 0 unspecified atom stereocenters. The van der Waals surface area contributed by atoms with E-state index in [1.807, 2.05) is 13.0 Å². The zero-order valence-electron chi connectivity index (χ0n) is 13.1. The van der Waals surface area contributed by atoms with Crippen molar-refractivity contribution in [1.29, 1.82) is 0 Å². The van der Waals surface area contributed by atoms with E-state index in [2.05, 4.69) is 15.5 Å². The third-order valence-electron chi connectivity index (χ3n) is 3.61. The van der Waals surface area contributed by atoms with Crippen molar-refractivity contribution in [3.05, 3.63) is 74.2 Å². The lowest BCUT2D eigenvalue weighted by Crippen LogP contribution is -2.22. The lowest BCUT2D eigenvalue weighted by molar-refractivity contribution is -0.384. The standard InChI is InChI=1S/C16H13N5O4/c1-10-3-2-8-20-15(10)19-14(13(9-17-23)16(20)22)18-11-4-6-12(7-5-11)21(24)25/h2-9,18,23H,1H3/b17-9-. The van der Waals surface area contributed by atoms with E-state index >= 15 is 0 Å². The Kier molecular flexibility index (Phi) is 4.12. The van der Waals surface area contributed by atoms with Crippen LogP contribution in [0.15, 0.2) is 52.5 Å². The number of nitro benzene ring substituents is 1. The van der Waals surface area contributed by atoms with Crippen molar-refractivity contribution in [1.82, 2.24) is 9.38 Å². The second-order valence-corrected chi connectivity index (χ2v) is 5.24. The highest BCUT2D eigenvalue weighted by Crippen LogP contribution is 2.20. The number of nitrogens with zero attached hydrogens (tertiary/aromatic N) is 4. The molecule has 0 radical (unpaired) electrons. The predicted octanol–water partition coefficient (Wildman–Crippen LogP) is 2.46. The van der Waals surface area contributed by atoms with Gasteiger partial charge < -0.3 is 10.5 Å². The van der Waals surface area contributed by atoms with E-state index in [4.69, 9.17) is 5.21 Å². The molecule has 3 aromatic rings. The van der Waals surface area contributed by atoms with E-state index in [-0.39, 0.29) is 17.1 Å². The number of non-ortho nitro benzene ring substituents is 1. The molecule has 0 bridgehead atoms. The smallest absolute Gasteiger partial charge is 0.269 e. The fourth-order valence-electron chi connectivity index (χ4n) is 2.38. The van der Waals surface area contributed by atoms with Crippen molar-refractivity contribution >= 4 is 29.1 Å². The zero-order valence-corrected chi connectivity index (χ0v) is 13.1. The number of anilines is 2. The van der Waals surface area contributed by atoms with Gasteiger partial charge in [-0.3, -0.25) is 19.3 Å². The summed E-state index contributed by atoms with van der Waals surface area (Å²) < 4.78 is 1.35. The predicted molar refractivity (Wildman–Crippen MR) is 92.0 cm³/mol. The number of hydrogen-bond donors (Lipinski definition) is 2. The van der Waals surface area contributed by atoms with Crippen LogP contribution in [-0.4, -0.2) is 25.7 Å². The lowest BCUT2D eigenvalue weighted by atomic mass is 10.2. The van der Waals surface area contributed by atoms with Gasteiger partial charge >= 0.3 is 0 Å². The summed E-state index contributed by atoms with van der Waals surface area (Å²) in [6, 6.07) is 9.20. The summed E-state index contributed by atoms with van der Waals surface area (Å²) in [6.45, 7) is 1.82. The lowest BCUT2D eigenvalue weighted by Gasteiger charge is -2.11. The van der Waals surface area contributed by atoms with E-state index < -0.39 is 10.5 Å². The fourth-order valence-corrected chi connectivity index (χ4v) is 2.38. The number of nitro groups is 1. The molecule has 9 nitrogen and oxygen atoms in total. The average molecular weight is 339 g/mol. The van der Waals surface area contributed by atoms with Gasteiger partial charge in [0.15, 0.2) is 0 Å². The Morgan fingerprint density at radius 3 is 2.68 bits per heavy atom. The largest absolute Gasteiger partial charge is 0.411 e. The zero-order chi connectivity index (χ0) is 18.0. The number of oxime groups is 1. The topological polar surface area (TPSA) is 122 Å². The molecular weight excluding hydrogens is 326 g/mol. The first-order valence-corrected chi connectivity index (χ1v) is 7.22. The van der Waals surface area contributed by atoms with Crippen LogP contribution in [0, 0.1) is 17.0 Å². The number of nitrogens with one attached hydrogen (secondary N) is 1. The number of fused-ring (bicyclic) bond motifs is 1. The van der Waals surface area contributed by atoms with Gasteiger partial charge in [-0.05, 0) is 30.7 Å². The van der Waals surface area contributed by atoms with Crippen molar-refractivity contribution in [2.45, 2.75) is 6.92 Å². The van der Waals surface area contributed by atoms with Crippen LogP contribution in [0.5, 0.6) is 0 Å². The number of hydrogen-bond acceptors (Lipinski definition) is 7.